The second-order valence-electron chi connectivity index (χ2n) is 6.18. The summed E-state index contributed by atoms with van der Waals surface area (Å²) in [6.45, 7) is 1.92. The first-order chi connectivity index (χ1) is 13.5. The molecule has 0 aromatic heterocycles. The fraction of sp³-hybridized carbons (Fsp3) is 0.0455. The number of hydrogen-bond donors (Lipinski definition) is 3. The largest absolute Gasteiger partial charge is 0.332 e. The van der Waals surface area contributed by atoms with E-state index >= 15 is 0 Å². The first-order valence-corrected chi connectivity index (χ1v) is 9.07. The van der Waals surface area contributed by atoms with E-state index in [1.54, 1.807) is 48.5 Å². The van der Waals surface area contributed by atoms with Gasteiger partial charge in [-0.3, -0.25) is 14.9 Å². The van der Waals surface area contributed by atoms with E-state index in [0.29, 0.717) is 22.5 Å². The number of rotatable bonds is 4. The maximum Gasteiger partial charge on any atom is 0.257 e. The maximum atomic E-state index is 12.3. The lowest BCUT2D eigenvalue weighted by Gasteiger charge is -2.11. The zero-order valence-electron chi connectivity index (χ0n) is 15.2. The van der Waals surface area contributed by atoms with E-state index in [4.69, 9.17) is 12.2 Å². The average Bonchev–Trinajstić information content (AvgIpc) is 2.69. The topological polar surface area (TPSA) is 70.2 Å². The molecule has 3 N–H and O–H groups in total. The monoisotopic (exact) mass is 389 g/mol. The number of carbonyl (C=O) groups excluding carboxylic acids is 2. The van der Waals surface area contributed by atoms with Crippen LogP contribution in [0.4, 0.5) is 11.4 Å². The fourth-order valence-corrected chi connectivity index (χ4v) is 2.80. The van der Waals surface area contributed by atoms with Crippen LogP contribution >= 0.6 is 12.2 Å². The van der Waals surface area contributed by atoms with Crippen LogP contribution in [0, 0.1) is 6.92 Å². The van der Waals surface area contributed by atoms with Crippen LogP contribution in [0.5, 0.6) is 0 Å². The highest BCUT2D eigenvalue weighted by Gasteiger charge is 2.09. The lowest BCUT2D eigenvalue weighted by atomic mass is 10.1. The van der Waals surface area contributed by atoms with Crippen molar-refractivity contribution in [2.75, 3.05) is 10.6 Å². The number of thiocarbonyl (C=S) groups is 1. The van der Waals surface area contributed by atoms with E-state index in [0.717, 1.165) is 5.56 Å². The molecule has 0 spiro atoms. The average molecular weight is 389 g/mol. The predicted octanol–water partition coefficient (Wildman–Crippen LogP) is 4.37. The van der Waals surface area contributed by atoms with Crippen molar-refractivity contribution in [2.45, 2.75) is 6.92 Å². The van der Waals surface area contributed by atoms with E-state index in [2.05, 4.69) is 16.0 Å². The van der Waals surface area contributed by atoms with E-state index in [1.807, 2.05) is 37.3 Å². The molecule has 0 radical (unpaired) electrons. The standard InChI is InChI=1S/C22H19N3O2S/c1-15-7-5-10-17(13-15)21(27)25-22(28)24-19-12-6-11-18(14-19)23-20(26)16-8-3-2-4-9-16/h2-14H,1H3,(H,23,26)(H2,24,25,27,28). The summed E-state index contributed by atoms with van der Waals surface area (Å²) in [5.41, 5.74) is 3.37. The highest BCUT2D eigenvalue weighted by atomic mass is 32.1. The molecule has 0 heterocycles. The van der Waals surface area contributed by atoms with Crippen LogP contribution in [0.2, 0.25) is 0 Å². The lowest BCUT2D eigenvalue weighted by Crippen LogP contribution is -2.34. The van der Waals surface area contributed by atoms with E-state index in [1.165, 1.54) is 0 Å². The quantitative estimate of drug-likeness (QED) is 0.580. The van der Waals surface area contributed by atoms with Crippen molar-refractivity contribution < 1.29 is 9.59 Å². The summed E-state index contributed by atoms with van der Waals surface area (Å²) < 4.78 is 0. The zero-order chi connectivity index (χ0) is 19.9. The predicted molar refractivity (Wildman–Crippen MR) is 116 cm³/mol. The minimum Gasteiger partial charge on any atom is -0.332 e. The SMILES string of the molecule is Cc1cccc(C(=O)NC(=S)Nc2cccc(NC(=O)c3ccccc3)c2)c1. The van der Waals surface area contributed by atoms with Crippen LogP contribution in [0.15, 0.2) is 78.9 Å². The summed E-state index contributed by atoms with van der Waals surface area (Å²) >= 11 is 5.22. The number of aryl methyl sites for hydroxylation is 1. The van der Waals surface area contributed by atoms with Crippen molar-refractivity contribution in [3.05, 3.63) is 95.6 Å². The van der Waals surface area contributed by atoms with Crippen LogP contribution in [-0.4, -0.2) is 16.9 Å². The molecule has 3 aromatic carbocycles. The van der Waals surface area contributed by atoms with Crippen LogP contribution < -0.4 is 16.0 Å². The van der Waals surface area contributed by atoms with Crippen LogP contribution in [0.3, 0.4) is 0 Å². The summed E-state index contributed by atoms with van der Waals surface area (Å²) in [4.78, 5) is 24.5. The number of carbonyl (C=O) groups is 2. The Hall–Kier alpha value is -3.51. The van der Waals surface area contributed by atoms with Gasteiger partial charge in [0.25, 0.3) is 11.8 Å². The summed E-state index contributed by atoms with van der Waals surface area (Å²) in [6.07, 6.45) is 0. The summed E-state index contributed by atoms with van der Waals surface area (Å²) in [6, 6.07) is 23.3. The first kappa shape index (κ1) is 19.3. The molecule has 0 aliphatic carbocycles. The number of anilines is 2. The highest BCUT2D eigenvalue weighted by Crippen LogP contribution is 2.16. The van der Waals surface area contributed by atoms with Gasteiger partial charge in [0, 0.05) is 22.5 Å². The van der Waals surface area contributed by atoms with Gasteiger partial charge in [-0.15, -0.1) is 0 Å². The molecule has 0 fully saturated rings. The second-order valence-corrected chi connectivity index (χ2v) is 6.59. The van der Waals surface area contributed by atoms with Crippen molar-refractivity contribution >= 4 is 40.5 Å². The van der Waals surface area contributed by atoms with Crippen molar-refractivity contribution in [3.8, 4) is 0 Å². The molecular formula is C22H19N3O2S. The Morgan fingerprint density at radius 2 is 1.36 bits per heavy atom. The number of benzene rings is 3. The van der Waals surface area contributed by atoms with Crippen molar-refractivity contribution in [1.29, 1.82) is 0 Å². The summed E-state index contributed by atoms with van der Waals surface area (Å²) in [7, 11) is 0. The molecule has 6 heteroatoms. The zero-order valence-corrected chi connectivity index (χ0v) is 16.0. The van der Waals surface area contributed by atoms with Gasteiger partial charge in [0.2, 0.25) is 0 Å². The highest BCUT2D eigenvalue weighted by molar-refractivity contribution is 7.80. The molecule has 28 heavy (non-hydrogen) atoms. The Bertz CT molecular complexity index is 1020. The molecule has 3 rings (SSSR count). The molecule has 3 aromatic rings. The van der Waals surface area contributed by atoms with Gasteiger partial charge < -0.3 is 10.6 Å². The van der Waals surface area contributed by atoms with Crippen LogP contribution in [-0.2, 0) is 0 Å². The number of nitrogens with one attached hydrogen (secondary N) is 3. The van der Waals surface area contributed by atoms with Gasteiger partial charge in [0.15, 0.2) is 5.11 Å². The third-order valence-corrected chi connectivity index (χ3v) is 4.13. The molecule has 5 nitrogen and oxygen atoms in total. The molecule has 2 amide bonds. The molecule has 0 bridgehead atoms. The van der Waals surface area contributed by atoms with Crippen LogP contribution in [0.1, 0.15) is 26.3 Å². The third-order valence-electron chi connectivity index (χ3n) is 3.92. The van der Waals surface area contributed by atoms with Gasteiger partial charge in [-0.25, -0.2) is 0 Å². The van der Waals surface area contributed by atoms with Gasteiger partial charge in [0.05, 0.1) is 0 Å². The van der Waals surface area contributed by atoms with Gasteiger partial charge in [-0.2, -0.15) is 0 Å². The van der Waals surface area contributed by atoms with Crippen molar-refractivity contribution in [3.63, 3.8) is 0 Å². The Labute approximate surface area is 168 Å². The lowest BCUT2D eigenvalue weighted by molar-refractivity contribution is 0.0976. The van der Waals surface area contributed by atoms with Crippen molar-refractivity contribution in [1.82, 2.24) is 5.32 Å². The Morgan fingerprint density at radius 3 is 2.07 bits per heavy atom. The van der Waals surface area contributed by atoms with Gasteiger partial charge in [-0.1, -0.05) is 42.0 Å². The number of amides is 2. The molecule has 0 aliphatic heterocycles. The Kier molecular flexibility index (Phi) is 6.14. The summed E-state index contributed by atoms with van der Waals surface area (Å²) in [5, 5.41) is 8.62. The van der Waals surface area contributed by atoms with E-state index in [-0.39, 0.29) is 16.9 Å². The van der Waals surface area contributed by atoms with E-state index in [9.17, 15) is 9.59 Å². The molecular weight excluding hydrogens is 370 g/mol. The molecule has 0 aliphatic rings. The Morgan fingerprint density at radius 1 is 0.714 bits per heavy atom. The maximum absolute atomic E-state index is 12.3. The minimum absolute atomic E-state index is 0.179. The summed E-state index contributed by atoms with van der Waals surface area (Å²) in [5.74, 6) is -0.484. The first-order valence-electron chi connectivity index (χ1n) is 8.67. The minimum atomic E-state index is -0.283. The molecule has 0 unspecified atom stereocenters. The number of hydrogen-bond acceptors (Lipinski definition) is 3. The fourth-order valence-electron chi connectivity index (χ4n) is 2.59. The normalized spacial score (nSPS) is 10.0. The molecule has 0 saturated carbocycles. The van der Waals surface area contributed by atoms with Crippen molar-refractivity contribution in [2.24, 2.45) is 0 Å². The molecule has 0 saturated heterocycles. The van der Waals surface area contributed by atoms with Gasteiger partial charge in [0.1, 0.15) is 0 Å². The molecule has 140 valence electrons. The smallest absolute Gasteiger partial charge is 0.257 e. The van der Waals surface area contributed by atoms with Crippen LogP contribution in [0.25, 0.3) is 0 Å². The Balaban J connectivity index is 1.61. The van der Waals surface area contributed by atoms with E-state index < -0.39 is 0 Å². The third kappa shape index (κ3) is 5.25. The second kappa shape index (κ2) is 8.92. The van der Waals surface area contributed by atoms with Gasteiger partial charge in [-0.05, 0) is 61.6 Å². The van der Waals surface area contributed by atoms with Gasteiger partial charge >= 0.3 is 0 Å². The molecule has 0 atom stereocenters.